The Balaban J connectivity index is 1.57. The molecule has 4 rings (SSSR count). The zero-order valence-corrected chi connectivity index (χ0v) is 15.7. The van der Waals surface area contributed by atoms with Gasteiger partial charge >= 0.3 is 0 Å². The number of rotatable bonds is 5. The van der Waals surface area contributed by atoms with Gasteiger partial charge < -0.3 is 20.4 Å². The second-order valence-electron chi connectivity index (χ2n) is 7.61. The molecule has 3 heterocycles. The van der Waals surface area contributed by atoms with Crippen LogP contribution in [0.15, 0.2) is 27.9 Å². The summed E-state index contributed by atoms with van der Waals surface area (Å²) in [5.74, 6) is 0.566. The summed E-state index contributed by atoms with van der Waals surface area (Å²) in [6, 6.07) is -0.377. The number of amidine groups is 1. The molecule has 8 heteroatoms. The van der Waals surface area contributed by atoms with Gasteiger partial charge in [0, 0.05) is 42.8 Å². The van der Waals surface area contributed by atoms with E-state index in [0.717, 1.165) is 42.6 Å². The maximum Gasteiger partial charge on any atom is 0.242 e. The fourth-order valence-electron chi connectivity index (χ4n) is 3.26. The summed E-state index contributed by atoms with van der Waals surface area (Å²) in [4.78, 5) is 24.3. The van der Waals surface area contributed by atoms with E-state index >= 15 is 0 Å². The van der Waals surface area contributed by atoms with E-state index in [1.54, 1.807) is 11.9 Å². The Kier molecular flexibility index (Phi) is 4.29. The van der Waals surface area contributed by atoms with Crippen molar-refractivity contribution in [1.29, 1.82) is 0 Å². The quantitative estimate of drug-likeness (QED) is 0.687. The van der Waals surface area contributed by atoms with Crippen molar-refractivity contribution < 1.29 is 4.79 Å². The summed E-state index contributed by atoms with van der Waals surface area (Å²) in [6.07, 6.45) is 6.64. The largest absolute Gasteiger partial charge is 0.368 e. The van der Waals surface area contributed by atoms with Crippen LogP contribution >= 0.6 is 11.9 Å². The highest BCUT2D eigenvalue weighted by molar-refractivity contribution is 8.01. The number of likely N-dealkylation sites (N-methyl/N-ethyl adjacent to an activating group) is 1. The Bertz CT molecular complexity index is 660. The fourth-order valence-corrected chi connectivity index (χ4v) is 4.17. The number of carbonyl (C=O) groups is 1. The molecule has 1 aliphatic carbocycles. The number of allylic oxidation sites excluding steroid dienone is 1. The smallest absolute Gasteiger partial charge is 0.242 e. The summed E-state index contributed by atoms with van der Waals surface area (Å²) < 4.78 is 3.55. The molecule has 0 aromatic carbocycles. The van der Waals surface area contributed by atoms with Gasteiger partial charge in [0.1, 0.15) is 6.04 Å². The molecule has 3 N–H and O–H groups in total. The number of primary amides is 1. The monoisotopic (exact) mass is 362 g/mol. The van der Waals surface area contributed by atoms with Crippen molar-refractivity contribution in [3.8, 4) is 0 Å². The van der Waals surface area contributed by atoms with E-state index in [2.05, 4.69) is 39.6 Å². The van der Waals surface area contributed by atoms with E-state index in [1.165, 1.54) is 12.8 Å². The van der Waals surface area contributed by atoms with Gasteiger partial charge in [0.25, 0.3) is 0 Å². The molecule has 0 aromatic heterocycles. The van der Waals surface area contributed by atoms with Crippen LogP contribution in [0.3, 0.4) is 0 Å². The Hall–Kier alpha value is -1.51. The molecular formula is C17H26N6OS. The van der Waals surface area contributed by atoms with Crippen molar-refractivity contribution >= 4 is 23.7 Å². The summed E-state index contributed by atoms with van der Waals surface area (Å²) in [6.45, 7) is 6.69. The van der Waals surface area contributed by atoms with E-state index < -0.39 is 0 Å². The molecule has 1 amide bonds. The zero-order chi connectivity index (χ0) is 17.6. The van der Waals surface area contributed by atoms with E-state index in [1.807, 2.05) is 11.1 Å². The third-order valence-electron chi connectivity index (χ3n) is 5.36. The lowest BCUT2D eigenvalue weighted by molar-refractivity contribution is -0.120. The molecule has 1 unspecified atom stereocenters. The van der Waals surface area contributed by atoms with Crippen LogP contribution < -0.4 is 10.5 Å². The molecule has 0 radical (unpaired) electrons. The number of nitrogens with zero attached hydrogens (tertiary/aromatic N) is 4. The van der Waals surface area contributed by atoms with Crippen LogP contribution in [0.1, 0.15) is 19.8 Å². The van der Waals surface area contributed by atoms with Gasteiger partial charge in [0.15, 0.2) is 5.84 Å². The average molecular weight is 363 g/mol. The predicted octanol–water partition coefficient (Wildman–Crippen LogP) is 0.331. The van der Waals surface area contributed by atoms with E-state index in [-0.39, 0.29) is 17.5 Å². The van der Waals surface area contributed by atoms with Crippen LogP contribution in [0.4, 0.5) is 0 Å². The molecule has 25 heavy (non-hydrogen) atoms. The van der Waals surface area contributed by atoms with E-state index in [4.69, 9.17) is 5.73 Å². The van der Waals surface area contributed by atoms with Crippen LogP contribution in [0.2, 0.25) is 0 Å². The first-order chi connectivity index (χ1) is 12.0. The normalized spacial score (nSPS) is 28.2. The van der Waals surface area contributed by atoms with E-state index in [9.17, 15) is 4.79 Å². The first kappa shape index (κ1) is 16.9. The van der Waals surface area contributed by atoms with Gasteiger partial charge in [-0.2, -0.15) is 0 Å². The molecule has 0 spiro atoms. The number of hydrogen-bond donors (Lipinski definition) is 2. The Labute approximate surface area is 153 Å². The lowest BCUT2D eigenvalue weighted by Gasteiger charge is -2.38. The molecule has 2 fully saturated rings. The second kappa shape index (κ2) is 6.34. The maximum absolute atomic E-state index is 11.8. The molecular weight excluding hydrogens is 336 g/mol. The van der Waals surface area contributed by atoms with Gasteiger partial charge in [-0.25, -0.2) is 0 Å². The Morgan fingerprint density at radius 1 is 1.36 bits per heavy atom. The SMILES string of the molecule is CN1CCN(C2=CC(SNC3(C)CC3)=CN3C2=NCC3C(N)=O)CC1. The number of aliphatic imine (C=N–C) groups is 1. The third kappa shape index (κ3) is 3.43. The number of fused-ring (bicyclic) bond motifs is 1. The maximum atomic E-state index is 11.8. The zero-order valence-electron chi connectivity index (χ0n) is 14.9. The van der Waals surface area contributed by atoms with Crippen LogP contribution in [0.25, 0.3) is 0 Å². The molecule has 1 atom stereocenters. The minimum absolute atomic E-state index is 0.246. The van der Waals surface area contributed by atoms with Crippen LogP contribution in [-0.2, 0) is 4.79 Å². The highest BCUT2D eigenvalue weighted by Crippen LogP contribution is 2.39. The summed E-state index contributed by atoms with van der Waals surface area (Å²) in [5, 5.41) is 0. The van der Waals surface area contributed by atoms with Gasteiger partial charge in [-0.15, -0.1) is 0 Å². The van der Waals surface area contributed by atoms with Gasteiger partial charge in [-0.1, -0.05) is 0 Å². The molecule has 7 nitrogen and oxygen atoms in total. The molecule has 1 saturated carbocycles. The molecule has 136 valence electrons. The summed E-state index contributed by atoms with van der Waals surface area (Å²) in [7, 11) is 2.15. The summed E-state index contributed by atoms with van der Waals surface area (Å²) in [5.41, 5.74) is 6.96. The fraction of sp³-hybridized carbons (Fsp3) is 0.647. The van der Waals surface area contributed by atoms with Gasteiger partial charge in [-0.05, 0) is 44.8 Å². The van der Waals surface area contributed by atoms with Gasteiger partial charge in [-0.3, -0.25) is 14.5 Å². The lowest BCUT2D eigenvalue weighted by Crippen LogP contribution is -2.49. The second-order valence-corrected chi connectivity index (χ2v) is 8.49. The predicted molar refractivity (Wildman–Crippen MR) is 101 cm³/mol. The summed E-state index contributed by atoms with van der Waals surface area (Å²) >= 11 is 1.65. The van der Waals surface area contributed by atoms with Gasteiger partial charge in [0.2, 0.25) is 5.91 Å². The number of nitrogens with one attached hydrogen (secondary N) is 1. The van der Waals surface area contributed by atoms with E-state index in [0.29, 0.717) is 6.54 Å². The number of amides is 1. The molecule has 4 aliphatic rings. The third-order valence-corrected chi connectivity index (χ3v) is 6.41. The first-order valence-corrected chi connectivity index (χ1v) is 9.70. The Morgan fingerprint density at radius 3 is 2.72 bits per heavy atom. The molecule has 0 bridgehead atoms. The number of piperazine rings is 1. The lowest BCUT2D eigenvalue weighted by atomic mass is 10.1. The van der Waals surface area contributed by atoms with Crippen molar-refractivity contribution in [2.24, 2.45) is 10.7 Å². The van der Waals surface area contributed by atoms with Crippen LogP contribution in [0.5, 0.6) is 0 Å². The van der Waals surface area contributed by atoms with Crippen molar-refractivity contribution in [2.75, 3.05) is 39.8 Å². The molecule has 0 aromatic rings. The standard InChI is InChI=1S/C17H26N6OS/c1-17(3-4-17)20-25-12-9-13(22-7-5-21(2)6-8-22)16-19-10-14(15(18)24)23(16)11-12/h9,11,14,20H,3-8,10H2,1-2H3,(H2,18,24). The minimum atomic E-state index is -0.377. The first-order valence-electron chi connectivity index (χ1n) is 8.89. The number of carbonyl (C=O) groups excluding carboxylic acids is 1. The minimum Gasteiger partial charge on any atom is -0.368 e. The molecule has 3 aliphatic heterocycles. The van der Waals surface area contributed by atoms with Crippen LogP contribution in [-0.4, -0.2) is 77.8 Å². The highest BCUT2D eigenvalue weighted by atomic mass is 32.2. The van der Waals surface area contributed by atoms with Crippen molar-refractivity contribution in [2.45, 2.75) is 31.3 Å². The number of hydrogen-bond acceptors (Lipinski definition) is 7. The topological polar surface area (TPSA) is 77.2 Å². The Morgan fingerprint density at radius 2 is 2.08 bits per heavy atom. The molecule has 1 saturated heterocycles. The van der Waals surface area contributed by atoms with Gasteiger partial charge in [0.05, 0.1) is 12.2 Å². The van der Waals surface area contributed by atoms with Crippen molar-refractivity contribution in [1.82, 2.24) is 19.4 Å². The van der Waals surface area contributed by atoms with Crippen LogP contribution in [0, 0.1) is 0 Å². The highest BCUT2D eigenvalue weighted by Gasteiger charge is 2.39. The average Bonchev–Trinajstić information content (AvgIpc) is 3.17. The number of nitrogens with two attached hydrogens (primary N) is 1. The van der Waals surface area contributed by atoms with Crippen molar-refractivity contribution in [3.63, 3.8) is 0 Å². The van der Waals surface area contributed by atoms with Crippen molar-refractivity contribution in [3.05, 3.63) is 22.9 Å².